The summed E-state index contributed by atoms with van der Waals surface area (Å²) in [7, 11) is 3.72. The second-order valence-corrected chi connectivity index (χ2v) is 4.52. The number of nitrogens with zero attached hydrogens (tertiary/aromatic N) is 2. The Morgan fingerprint density at radius 1 is 1.25 bits per heavy atom. The highest BCUT2D eigenvalue weighted by Crippen LogP contribution is 2.31. The molecule has 0 bridgehead atoms. The van der Waals surface area contributed by atoms with E-state index in [-0.39, 0.29) is 0 Å². The molecule has 0 aliphatic carbocycles. The highest BCUT2D eigenvalue weighted by Gasteiger charge is 2.09. The standard InChI is InChI=1S/C16H21N3O/c1-4-17-12-13-11-14(9-10-18-13)19(2)15-7-5-6-8-16(15)20-3/h5-11,17H,4,12H2,1-3H3. The van der Waals surface area contributed by atoms with Gasteiger partial charge in [-0.2, -0.15) is 0 Å². The van der Waals surface area contributed by atoms with Gasteiger partial charge in [0.15, 0.2) is 0 Å². The Balaban J connectivity index is 2.26. The summed E-state index contributed by atoms with van der Waals surface area (Å²) in [5, 5.41) is 3.29. The number of para-hydroxylation sites is 2. The van der Waals surface area contributed by atoms with Crippen molar-refractivity contribution < 1.29 is 4.74 Å². The number of anilines is 2. The first-order valence-electron chi connectivity index (χ1n) is 6.78. The fourth-order valence-corrected chi connectivity index (χ4v) is 2.07. The molecule has 0 aliphatic heterocycles. The molecule has 0 amide bonds. The number of nitrogens with one attached hydrogen (secondary N) is 1. The maximum absolute atomic E-state index is 5.41. The topological polar surface area (TPSA) is 37.4 Å². The molecule has 1 heterocycles. The number of rotatable bonds is 6. The van der Waals surface area contributed by atoms with Gasteiger partial charge in [0.25, 0.3) is 0 Å². The quantitative estimate of drug-likeness (QED) is 0.876. The Labute approximate surface area is 120 Å². The molecule has 4 nitrogen and oxygen atoms in total. The van der Waals surface area contributed by atoms with Gasteiger partial charge in [0, 0.05) is 25.5 Å². The summed E-state index contributed by atoms with van der Waals surface area (Å²) in [6.45, 7) is 3.81. The van der Waals surface area contributed by atoms with Crippen LogP contribution in [0.3, 0.4) is 0 Å². The van der Waals surface area contributed by atoms with E-state index in [1.54, 1.807) is 7.11 Å². The monoisotopic (exact) mass is 271 g/mol. The van der Waals surface area contributed by atoms with Gasteiger partial charge in [-0.15, -0.1) is 0 Å². The van der Waals surface area contributed by atoms with Gasteiger partial charge in [0.1, 0.15) is 5.75 Å². The number of hydrogen-bond acceptors (Lipinski definition) is 4. The Morgan fingerprint density at radius 2 is 2.05 bits per heavy atom. The van der Waals surface area contributed by atoms with E-state index in [4.69, 9.17) is 4.74 Å². The van der Waals surface area contributed by atoms with Crippen LogP contribution in [0.5, 0.6) is 5.75 Å². The van der Waals surface area contributed by atoms with E-state index in [1.807, 2.05) is 43.6 Å². The Morgan fingerprint density at radius 3 is 2.80 bits per heavy atom. The first kappa shape index (κ1) is 14.3. The molecule has 20 heavy (non-hydrogen) atoms. The smallest absolute Gasteiger partial charge is 0.142 e. The number of methoxy groups -OCH3 is 1. The van der Waals surface area contributed by atoms with Crippen LogP contribution in [-0.4, -0.2) is 25.7 Å². The second kappa shape index (κ2) is 6.91. The number of pyridine rings is 1. The molecule has 1 aromatic carbocycles. The van der Waals surface area contributed by atoms with E-state index in [0.29, 0.717) is 0 Å². The van der Waals surface area contributed by atoms with Crippen molar-refractivity contribution >= 4 is 11.4 Å². The minimum absolute atomic E-state index is 0.782. The molecule has 0 saturated heterocycles. The number of benzene rings is 1. The summed E-state index contributed by atoms with van der Waals surface area (Å²) in [4.78, 5) is 6.48. The molecule has 0 saturated carbocycles. The molecule has 1 N–H and O–H groups in total. The molecule has 0 radical (unpaired) electrons. The number of ether oxygens (including phenoxy) is 1. The molecule has 2 rings (SSSR count). The number of aromatic nitrogens is 1. The summed E-state index contributed by atoms with van der Waals surface area (Å²) in [6.07, 6.45) is 1.84. The van der Waals surface area contributed by atoms with Crippen molar-refractivity contribution in [2.45, 2.75) is 13.5 Å². The van der Waals surface area contributed by atoms with Gasteiger partial charge in [-0.25, -0.2) is 0 Å². The van der Waals surface area contributed by atoms with Gasteiger partial charge in [-0.05, 0) is 30.8 Å². The van der Waals surface area contributed by atoms with Crippen LogP contribution < -0.4 is 15.0 Å². The van der Waals surface area contributed by atoms with Crippen molar-refractivity contribution in [3.63, 3.8) is 0 Å². The van der Waals surface area contributed by atoms with E-state index in [1.165, 1.54) is 0 Å². The van der Waals surface area contributed by atoms with E-state index >= 15 is 0 Å². The predicted octanol–water partition coefficient (Wildman–Crippen LogP) is 2.97. The summed E-state index contributed by atoms with van der Waals surface area (Å²) in [5.74, 6) is 0.861. The van der Waals surface area contributed by atoms with Crippen LogP contribution in [0.4, 0.5) is 11.4 Å². The molecule has 0 atom stereocenters. The third-order valence-electron chi connectivity index (χ3n) is 3.19. The van der Waals surface area contributed by atoms with Crippen molar-refractivity contribution in [1.82, 2.24) is 10.3 Å². The van der Waals surface area contributed by atoms with Crippen molar-refractivity contribution in [2.75, 3.05) is 25.6 Å². The van der Waals surface area contributed by atoms with Gasteiger partial charge in [0.2, 0.25) is 0 Å². The summed E-state index contributed by atoms with van der Waals surface area (Å²) < 4.78 is 5.41. The average Bonchev–Trinajstić information content (AvgIpc) is 2.52. The van der Waals surface area contributed by atoms with Crippen LogP contribution in [0.1, 0.15) is 12.6 Å². The largest absolute Gasteiger partial charge is 0.495 e. The molecular weight excluding hydrogens is 250 g/mol. The minimum atomic E-state index is 0.782. The lowest BCUT2D eigenvalue weighted by atomic mass is 10.2. The van der Waals surface area contributed by atoms with Crippen LogP contribution in [0, 0.1) is 0 Å². The zero-order chi connectivity index (χ0) is 14.4. The Hall–Kier alpha value is -2.07. The van der Waals surface area contributed by atoms with E-state index in [0.717, 1.165) is 35.9 Å². The van der Waals surface area contributed by atoms with E-state index < -0.39 is 0 Å². The van der Waals surface area contributed by atoms with E-state index in [9.17, 15) is 0 Å². The van der Waals surface area contributed by atoms with Crippen molar-refractivity contribution in [3.05, 3.63) is 48.3 Å². The minimum Gasteiger partial charge on any atom is -0.495 e. The molecular formula is C16H21N3O. The van der Waals surface area contributed by atoms with Crippen LogP contribution in [0.25, 0.3) is 0 Å². The Kier molecular flexibility index (Phi) is 4.96. The zero-order valence-electron chi connectivity index (χ0n) is 12.3. The van der Waals surface area contributed by atoms with Crippen LogP contribution in [-0.2, 0) is 6.54 Å². The fraction of sp³-hybridized carbons (Fsp3) is 0.312. The summed E-state index contributed by atoms with van der Waals surface area (Å²) in [5.41, 5.74) is 3.17. The molecule has 0 fully saturated rings. The van der Waals surface area contributed by atoms with E-state index in [2.05, 4.69) is 28.2 Å². The highest BCUT2D eigenvalue weighted by atomic mass is 16.5. The molecule has 4 heteroatoms. The lowest BCUT2D eigenvalue weighted by Crippen LogP contribution is -2.15. The zero-order valence-corrected chi connectivity index (χ0v) is 12.3. The van der Waals surface area contributed by atoms with Gasteiger partial charge < -0.3 is 15.0 Å². The van der Waals surface area contributed by atoms with Crippen molar-refractivity contribution in [1.29, 1.82) is 0 Å². The fourth-order valence-electron chi connectivity index (χ4n) is 2.07. The van der Waals surface area contributed by atoms with Crippen LogP contribution >= 0.6 is 0 Å². The maximum Gasteiger partial charge on any atom is 0.142 e. The first-order chi connectivity index (χ1) is 9.76. The lowest BCUT2D eigenvalue weighted by Gasteiger charge is -2.22. The molecule has 0 aliphatic rings. The molecule has 0 spiro atoms. The van der Waals surface area contributed by atoms with Crippen molar-refractivity contribution in [2.24, 2.45) is 0 Å². The average molecular weight is 271 g/mol. The van der Waals surface area contributed by atoms with Crippen LogP contribution in [0.2, 0.25) is 0 Å². The van der Waals surface area contributed by atoms with Gasteiger partial charge >= 0.3 is 0 Å². The molecule has 1 aromatic heterocycles. The van der Waals surface area contributed by atoms with Gasteiger partial charge in [-0.1, -0.05) is 19.1 Å². The second-order valence-electron chi connectivity index (χ2n) is 4.52. The van der Waals surface area contributed by atoms with Crippen molar-refractivity contribution in [3.8, 4) is 5.75 Å². The molecule has 106 valence electrons. The first-order valence-corrected chi connectivity index (χ1v) is 6.78. The maximum atomic E-state index is 5.41. The SMILES string of the molecule is CCNCc1cc(N(C)c2ccccc2OC)ccn1. The predicted molar refractivity (Wildman–Crippen MR) is 82.7 cm³/mol. The third kappa shape index (κ3) is 3.27. The normalized spacial score (nSPS) is 10.3. The summed E-state index contributed by atoms with van der Waals surface area (Å²) in [6, 6.07) is 12.1. The van der Waals surface area contributed by atoms with Gasteiger partial charge in [0.05, 0.1) is 18.5 Å². The number of hydrogen-bond donors (Lipinski definition) is 1. The molecule has 2 aromatic rings. The van der Waals surface area contributed by atoms with Gasteiger partial charge in [-0.3, -0.25) is 4.98 Å². The highest BCUT2D eigenvalue weighted by molar-refractivity contribution is 5.68. The molecule has 0 unspecified atom stereocenters. The summed E-state index contributed by atoms with van der Waals surface area (Å²) >= 11 is 0. The lowest BCUT2D eigenvalue weighted by molar-refractivity contribution is 0.415. The Bertz CT molecular complexity index is 557. The van der Waals surface area contributed by atoms with Crippen LogP contribution in [0.15, 0.2) is 42.6 Å². The third-order valence-corrected chi connectivity index (χ3v) is 3.19.